The molecule has 8 aliphatic rings. The van der Waals surface area contributed by atoms with Gasteiger partial charge in [-0.15, -0.1) is 0 Å². The number of phenols is 6. The van der Waals surface area contributed by atoms with Crippen molar-refractivity contribution in [2.24, 2.45) is 46.2 Å². The predicted octanol–water partition coefficient (Wildman–Crippen LogP) is 11.6. The number of aryl methyl sites for hydroxylation is 1. The molecular formula is C64H70N2O10. The maximum atomic E-state index is 15.2. The summed E-state index contributed by atoms with van der Waals surface area (Å²) >= 11 is 0. The van der Waals surface area contributed by atoms with Crippen molar-refractivity contribution in [2.75, 3.05) is 6.73 Å². The summed E-state index contributed by atoms with van der Waals surface area (Å²) < 4.78 is 12.2. The minimum Gasteiger partial charge on any atom is -0.508 e. The molecule has 10 N–H and O–H groups in total. The summed E-state index contributed by atoms with van der Waals surface area (Å²) in [6.45, 7) is -0.102. The van der Waals surface area contributed by atoms with E-state index in [9.17, 15) is 35.7 Å². The monoisotopic (exact) mass is 1030 g/mol. The van der Waals surface area contributed by atoms with E-state index in [4.69, 9.17) is 15.2 Å². The molecule has 76 heavy (non-hydrogen) atoms. The molecule has 0 radical (unpaired) electrons. The van der Waals surface area contributed by atoms with Crippen LogP contribution in [0.2, 0.25) is 0 Å². The summed E-state index contributed by atoms with van der Waals surface area (Å²) in [6.07, 6.45) is 14.3. The number of rotatable bonds is 12. The number of nitrogens with one attached hydrogen (secondary N) is 1. The molecule has 2 bridgehead atoms. The lowest BCUT2D eigenvalue weighted by atomic mass is 9.47. The van der Waals surface area contributed by atoms with Crippen LogP contribution in [0.4, 0.5) is 0 Å². The Morgan fingerprint density at radius 3 is 2.37 bits per heavy atom. The Morgan fingerprint density at radius 2 is 1.55 bits per heavy atom. The fourth-order valence-electron chi connectivity index (χ4n) is 18.1. The number of phenolic OH excluding ortho intramolecular Hbond substituents is 6. The number of aromatic nitrogens is 1. The first-order valence-electron chi connectivity index (χ1n) is 27.9. The van der Waals surface area contributed by atoms with E-state index in [-0.39, 0.29) is 107 Å². The third-order valence-electron chi connectivity index (χ3n) is 20.8. The molecule has 1 aromatic heterocycles. The van der Waals surface area contributed by atoms with E-state index in [1.165, 1.54) is 67.0 Å². The van der Waals surface area contributed by atoms with Gasteiger partial charge in [-0.1, -0.05) is 61.4 Å². The van der Waals surface area contributed by atoms with E-state index in [0.717, 1.165) is 42.4 Å². The van der Waals surface area contributed by atoms with Gasteiger partial charge in [-0.2, -0.15) is 0 Å². The number of aromatic amines is 1. The van der Waals surface area contributed by atoms with Gasteiger partial charge in [0.05, 0.1) is 6.10 Å². The van der Waals surface area contributed by atoms with Crippen LogP contribution in [-0.4, -0.2) is 59.3 Å². The summed E-state index contributed by atoms with van der Waals surface area (Å²) in [5, 5.41) is 80.7. The summed E-state index contributed by atoms with van der Waals surface area (Å²) in [7, 11) is 0. The number of aromatic hydroxyl groups is 6. The number of carbonyl (C=O) groups is 1. The molecule has 5 fully saturated rings. The van der Waals surface area contributed by atoms with Gasteiger partial charge in [-0.3, -0.25) is 10.5 Å². The maximum Gasteiger partial charge on any atom is 0.200 e. The zero-order chi connectivity index (χ0) is 52.3. The molecule has 12 nitrogen and oxygen atoms in total. The molecule has 0 aliphatic heterocycles. The Morgan fingerprint density at radius 1 is 0.737 bits per heavy atom. The van der Waals surface area contributed by atoms with Gasteiger partial charge in [-0.25, -0.2) is 0 Å². The zero-order valence-corrected chi connectivity index (χ0v) is 43.0. The van der Waals surface area contributed by atoms with Crippen LogP contribution in [0.5, 0.6) is 46.0 Å². The van der Waals surface area contributed by atoms with Gasteiger partial charge in [0.15, 0.2) is 23.0 Å². The van der Waals surface area contributed by atoms with E-state index in [0.29, 0.717) is 42.2 Å². The molecule has 396 valence electrons. The number of hydrogen-bond acceptors (Lipinski definition) is 11. The molecule has 0 saturated heterocycles. The first-order chi connectivity index (χ1) is 36.8. The van der Waals surface area contributed by atoms with Crippen molar-refractivity contribution >= 4 is 5.78 Å². The fourth-order valence-corrected chi connectivity index (χ4v) is 18.1. The molecule has 0 amide bonds. The number of ether oxygens (including phenoxy) is 2. The number of Topliss-reactive ketones (excluding diaryl/α,β-unsaturated/α-hetero) is 1. The van der Waals surface area contributed by atoms with Gasteiger partial charge in [0, 0.05) is 52.8 Å². The molecule has 5 aromatic carbocycles. The second-order valence-corrected chi connectivity index (χ2v) is 24.3. The maximum absolute atomic E-state index is 15.2. The molecule has 12 heteroatoms. The molecule has 11 atom stereocenters. The molecule has 6 aromatic rings. The Kier molecular flexibility index (Phi) is 11.9. The van der Waals surface area contributed by atoms with Crippen molar-refractivity contribution in [1.82, 2.24) is 4.98 Å². The number of aliphatic hydroxyl groups excluding tert-OH is 1. The third kappa shape index (κ3) is 7.70. The largest absolute Gasteiger partial charge is 0.508 e. The van der Waals surface area contributed by atoms with Crippen LogP contribution in [0, 0.1) is 40.4 Å². The van der Waals surface area contributed by atoms with Crippen LogP contribution >= 0.6 is 0 Å². The first kappa shape index (κ1) is 49.0. The normalized spacial score (nSPS) is 30.3. The number of fused-ring (bicyclic) bond motifs is 9. The lowest BCUT2D eigenvalue weighted by Crippen LogP contribution is -2.53. The fraction of sp³-hybridized carbons (Fsp3) is 0.453. The first-order valence-corrected chi connectivity index (χ1v) is 27.9. The van der Waals surface area contributed by atoms with Crippen molar-refractivity contribution < 1.29 is 50.0 Å². The van der Waals surface area contributed by atoms with Gasteiger partial charge in [-0.05, 0) is 199 Å². The number of aliphatic hydroxyl groups is 1. The van der Waals surface area contributed by atoms with Crippen LogP contribution in [0.15, 0.2) is 103 Å². The topological polar surface area (TPSA) is 219 Å². The SMILES string of the molecule is NCOc1cc(CCC(=O)[C@H]2C[C@H](Cc3ccc(O)cc3O)[C@H]3C[C@H]4C[C@H]([C@]56CC[C@]7(CCC8(CCCC8)C7)[C@H]5c5cc[nH]c5-c5ccccc56)[C@H](c5cc(O)c(O)c(OCc6cccc(O)c6)c54)[C@@H]3[C@H]2O)ccc1O. The number of H-pyrrole nitrogens is 1. The summed E-state index contributed by atoms with van der Waals surface area (Å²) in [5.74, 6) is -2.55. The number of benzene rings is 5. The highest BCUT2D eigenvalue weighted by Gasteiger charge is 2.70. The van der Waals surface area contributed by atoms with E-state index in [1.54, 1.807) is 54.6 Å². The highest BCUT2D eigenvalue weighted by molar-refractivity contribution is 5.82. The molecule has 2 spiro atoms. The van der Waals surface area contributed by atoms with Crippen LogP contribution < -0.4 is 15.2 Å². The predicted molar refractivity (Wildman–Crippen MR) is 287 cm³/mol. The van der Waals surface area contributed by atoms with Crippen molar-refractivity contribution in [3.63, 3.8) is 0 Å². The highest BCUT2D eigenvalue weighted by Crippen LogP contribution is 2.79. The van der Waals surface area contributed by atoms with Crippen molar-refractivity contribution in [3.05, 3.63) is 142 Å². The van der Waals surface area contributed by atoms with Crippen molar-refractivity contribution in [2.45, 2.75) is 132 Å². The molecule has 5 saturated carbocycles. The molecule has 1 heterocycles. The van der Waals surface area contributed by atoms with E-state index >= 15 is 4.79 Å². The summed E-state index contributed by atoms with van der Waals surface area (Å²) in [5.41, 5.74) is 14.5. The second kappa shape index (κ2) is 18.5. The van der Waals surface area contributed by atoms with E-state index < -0.39 is 29.3 Å². The average molecular weight is 1030 g/mol. The van der Waals surface area contributed by atoms with Gasteiger partial charge < -0.3 is 50.2 Å². The second-order valence-electron chi connectivity index (χ2n) is 24.3. The van der Waals surface area contributed by atoms with Gasteiger partial charge in [0.1, 0.15) is 36.4 Å². The summed E-state index contributed by atoms with van der Waals surface area (Å²) in [6, 6.07) is 29.6. The Labute approximate surface area is 443 Å². The summed E-state index contributed by atoms with van der Waals surface area (Å²) in [4.78, 5) is 19.0. The van der Waals surface area contributed by atoms with Crippen LogP contribution in [-0.2, 0) is 29.7 Å². The number of hydrogen-bond donors (Lipinski definition) is 9. The standard InChI is InChI=1S/C64H70N2O10/c65-34-76-53-25-35(11-15-50(53)70)10-14-49(69)45-27-38(26-37-12-13-41(68)30-51(37)71)44-28-39-29-48(55(56(44)58(45)73)46-31-52(72)59(74)60(54(39)46)75-32-36-6-5-7-40(67)24-36)64-22-21-63(20-19-62(33-63)17-3-4-18-62)61(64)43-16-23-66-57(43)42-8-1-2-9-47(42)64/h1-2,5-9,11-13,15-16,23-25,30-31,38-39,44-45,48,55-56,58,61,66-68,70-74H,3-4,10,14,17-22,26-29,32-34,65H2/t38-,39-,44+,45+,48-,55-,56+,58-,61+,63-,64+/m0/s1. The highest BCUT2D eigenvalue weighted by atomic mass is 16.5. The lowest BCUT2D eigenvalue weighted by Gasteiger charge is -2.56. The van der Waals surface area contributed by atoms with E-state index in [2.05, 4.69) is 41.5 Å². The third-order valence-corrected chi connectivity index (χ3v) is 20.8. The minimum absolute atomic E-state index is 0.0221. The van der Waals surface area contributed by atoms with Crippen LogP contribution in [0.25, 0.3) is 11.3 Å². The molecule has 14 rings (SSSR count). The molecule has 8 aliphatic carbocycles. The Bertz CT molecular complexity index is 3230. The zero-order valence-electron chi connectivity index (χ0n) is 43.0. The Balaban J connectivity index is 0.996. The van der Waals surface area contributed by atoms with Gasteiger partial charge >= 0.3 is 0 Å². The quantitative estimate of drug-likeness (QED) is 0.0415. The van der Waals surface area contributed by atoms with Crippen molar-refractivity contribution in [1.29, 1.82) is 0 Å². The van der Waals surface area contributed by atoms with E-state index in [1.807, 2.05) is 6.07 Å². The smallest absolute Gasteiger partial charge is 0.200 e. The molecule has 0 unspecified atom stereocenters. The molecular weight excluding hydrogens is 957 g/mol. The van der Waals surface area contributed by atoms with Gasteiger partial charge in [0.25, 0.3) is 0 Å². The average Bonchev–Trinajstić information content (AvgIpc) is 4.35. The van der Waals surface area contributed by atoms with Crippen molar-refractivity contribution in [3.8, 4) is 57.3 Å². The number of nitrogens with two attached hydrogens (primary N) is 1. The van der Waals surface area contributed by atoms with Crippen LogP contribution in [0.1, 0.15) is 140 Å². The van der Waals surface area contributed by atoms with Gasteiger partial charge in [0.2, 0.25) is 5.75 Å². The Hall–Kier alpha value is -6.63. The minimum atomic E-state index is -1.09. The number of carbonyl (C=O) groups excluding carboxylic acids is 1. The van der Waals surface area contributed by atoms with Crippen LogP contribution in [0.3, 0.4) is 0 Å². The lowest BCUT2D eigenvalue weighted by molar-refractivity contribution is -0.136. The number of ketones is 1.